The Balaban J connectivity index is 2.30. The molecule has 0 aliphatic heterocycles. The number of anilines is 1. The highest BCUT2D eigenvalue weighted by Gasteiger charge is 2.18. The van der Waals surface area contributed by atoms with Gasteiger partial charge in [-0.1, -0.05) is 12.1 Å². The molecule has 0 saturated carbocycles. The highest BCUT2D eigenvalue weighted by atomic mass is 16.5. The van der Waals surface area contributed by atoms with Crippen LogP contribution < -0.4 is 9.64 Å². The Morgan fingerprint density at radius 2 is 2.05 bits per heavy atom. The number of benzene rings is 1. The van der Waals surface area contributed by atoms with Gasteiger partial charge in [-0.3, -0.25) is 9.69 Å². The summed E-state index contributed by atoms with van der Waals surface area (Å²) in [6.07, 6.45) is 1.43. The summed E-state index contributed by atoms with van der Waals surface area (Å²) in [5, 5.41) is 8.74. The first-order valence-electron chi connectivity index (χ1n) is 5.94. The first-order chi connectivity index (χ1) is 9.67. The summed E-state index contributed by atoms with van der Waals surface area (Å²) >= 11 is 0. The van der Waals surface area contributed by atoms with Gasteiger partial charge in [-0.15, -0.1) is 0 Å². The number of rotatable bonds is 3. The molecule has 0 aliphatic rings. The Bertz CT molecular complexity index is 660. The summed E-state index contributed by atoms with van der Waals surface area (Å²) in [5.74, 6) is 0.762. The maximum absolute atomic E-state index is 12.4. The zero-order valence-electron chi connectivity index (χ0n) is 11.2. The van der Waals surface area contributed by atoms with E-state index in [9.17, 15) is 4.79 Å². The zero-order valence-corrected chi connectivity index (χ0v) is 11.2. The second kappa shape index (κ2) is 5.85. The molecule has 5 heteroatoms. The van der Waals surface area contributed by atoms with Crippen LogP contribution in [0, 0.1) is 11.3 Å². The maximum Gasteiger partial charge on any atom is 0.262 e. The van der Waals surface area contributed by atoms with Crippen molar-refractivity contribution in [2.45, 2.75) is 0 Å². The molecule has 2 aromatic rings. The van der Waals surface area contributed by atoms with E-state index in [2.05, 4.69) is 4.98 Å². The van der Waals surface area contributed by atoms with Gasteiger partial charge in [0, 0.05) is 13.2 Å². The standard InChI is InChI=1S/C15H13N3O2/c1-18(14-8-7-11(9-16)10-17-14)15(19)12-5-3-4-6-13(12)20-2/h3-8,10H,1-2H3. The van der Waals surface area contributed by atoms with E-state index in [1.54, 1.807) is 43.4 Å². The lowest BCUT2D eigenvalue weighted by Crippen LogP contribution is -2.27. The number of ether oxygens (including phenoxy) is 1. The molecule has 2 rings (SSSR count). The van der Waals surface area contributed by atoms with E-state index >= 15 is 0 Å². The number of hydrogen-bond acceptors (Lipinski definition) is 4. The van der Waals surface area contributed by atoms with E-state index in [1.165, 1.54) is 18.2 Å². The third-order valence-electron chi connectivity index (χ3n) is 2.86. The molecule has 1 heterocycles. The monoisotopic (exact) mass is 267 g/mol. The van der Waals surface area contributed by atoms with E-state index in [0.717, 1.165) is 0 Å². The van der Waals surface area contributed by atoms with Crippen LogP contribution in [0.5, 0.6) is 5.75 Å². The number of carbonyl (C=O) groups excluding carboxylic acids is 1. The molecule has 0 radical (unpaired) electrons. The van der Waals surface area contributed by atoms with Gasteiger partial charge in [-0.2, -0.15) is 5.26 Å². The fourth-order valence-electron chi connectivity index (χ4n) is 1.76. The minimum Gasteiger partial charge on any atom is -0.496 e. The molecule has 5 nitrogen and oxygen atoms in total. The first kappa shape index (κ1) is 13.6. The van der Waals surface area contributed by atoms with Crippen molar-refractivity contribution in [3.05, 3.63) is 53.7 Å². The molecular weight excluding hydrogens is 254 g/mol. The van der Waals surface area contributed by atoms with Crippen molar-refractivity contribution >= 4 is 11.7 Å². The highest BCUT2D eigenvalue weighted by Crippen LogP contribution is 2.21. The van der Waals surface area contributed by atoms with Crippen LogP contribution in [0.3, 0.4) is 0 Å². The van der Waals surface area contributed by atoms with Crippen LogP contribution in [0.2, 0.25) is 0 Å². The van der Waals surface area contributed by atoms with Crippen molar-refractivity contribution in [1.29, 1.82) is 5.26 Å². The summed E-state index contributed by atoms with van der Waals surface area (Å²) in [6, 6.07) is 12.2. The van der Waals surface area contributed by atoms with Crippen molar-refractivity contribution < 1.29 is 9.53 Å². The predicted molar refractivity (Wildman–Crippen MR) is 74.7 cm³/mol. The summed E-state index contributed by atoms with van der Waals surface area (Å²) < 4.78 is 5.18. The number of amides is 1. The summed E-state index contributed by atoms with van der Waals surface area (Å²) in [5.41, 5.74) is 0.913. The largest absolute Gasteiger partial charge is 0.496 e. The molecule has 0 atom stereocenters. The number of carbonyl (C=O) groups is 1. The third-order valence-corrected chi connectivity index (χ3v) is 2.86. The van der Waals surface area contributed by atoms with Crippen LogP contribution in [0.25, 0.3) is 0 Å². The van der Waals surface area contributed by atoms with Crippen molar-refractivity contribution in [1.82, 2.24) is 4.98 Å². The number of para-hydroxylation sites is 1. The van der Waals surface area contributed by atoms with Crippen molar-refractivity contribution in [3.8, 4) is 11.8 Å². The lowest BCUT2D eigenvalue weighted by molar-refractivity contribution is 0.0989. The Morgan fingerprint density at radius 1 is 1.30 bits per heavy atom. The van der Waals surface area contributed by atoms with E-state index in [4.69, 9.17) is 10.00 Å². The van der Waals surface area contributed by atoms with Gasteiger partial charge in [-0.25, -0.2) is 4.98 Å². The normalized spacial score (nSPS) is 9.65. The smallest absolute Gasteiger partial charge is 0.262 e. The fraction of sp³-hybridized carbons (Fsp3) is 0.133. The van der Waals surface area contributed by atoms with E-state index in [0.29, 0.717) is 22.7 Å². The SMILES string of the molecule is COc1ccccc1C(=O)N(C)c1ccc(C#N)cn1. The molecule has 0 aliphatic carbocycles. The molecule has 0 N–H and O–H groups in total. The third kappa shape index (κ3) is 2.59. The lowest BCUT2D eigenvalue weighted by atomic mass is 10.1. The van der Waals surface area contributed by atoms with E-state index in [-0.39, 0.29) is 5.91 Å². The van der Waals surface area contributed by atoms with Crippen molar-refractivity contribution in [3.63, 3.8) is 0 Å². The summed E-state index contributed by atoms with van der Waals surface area (Å²) in [7, 11) is 3.15. The second-order valence-corrected chi connectivity index (χ2v) is 4.08. The van der Waals surface area contributed by atoms with Gasteiger partial charge in [0.1, 0.15) is 17.6 Å². The molecule has 0 bridgehead atoms. The molecular formula is C15H13N3O2. The van der Waals surface area contributed by atoms with Crippen LogP contribution in [0.1, 0.15) is 15.9 Å². The first-order valence-corrected chi connectivity index (χ1v) is 5.94. The van der Waals surface area contributed by atoms with Crippen molar-refractivity contribution in [2.75, 3.05) is 19.1 Å². The highest BCUT2D eigenvalue weighted by molar-refractivity contribution is 6.07. The summed E-state index contributed by atoms with van der Waals surface area (Å²) in [4.78, 5) is 17.9. The van der Waals surface area contributed by atoms with Gasteiger partial charge < -0.3 is 4.74 Å². The molecule has 20 heavy (non-hydrogen) atoms. The zero-order chi connectivity index (χ0) is 14.5. The van der Waals surface area contributed by atoms with E-state index < -0.39 is 0 Å². The minimum atomic E-state index is -0.223. The molecule has 0 fully saturated rings. The van der Waals surface area contributed by atoms with Gasteiger partial charge in [-0.05, 0) is 24.3 Å². The van der Waals surface area contributed by atoms with Crippen molar-refractivity contribution in [2.24, 2.45) is 0 Å². The Hall–Kier alpha value is -2.87. The quantitative estimate of drug-likeness (QED) is 0.855. The van der Waals surface area contributed by atoms with Gasteiger partial charge in [0.15, 0.2) is 0 Å². The van der Waals surface area contributed by atoms with Gasteiger partial charge in [0.05, 0.1) is 18.2 Å². The fourth-order valence-corrected chi connectivity index (χ4v) is 1.76. The predicted octanol–water partition coefficient (Wildman–Crippen LogP) is 2.24. The van der Waals surface area contributed by atoms with Crippen LogP contribution in [0.15, 0.2) is 42.6 Å². The molecule has 0 saturated heterocycles. The molecule has 1 amide bonds. The average Bonchev–Trinajstić information content (AvgIpc) is 2.53. The molecule has 1 aromatic carbocycles. The van der Waals surface area contributed by atoms with Crippen LogP contribution in [-0.2, 0) is 0 Å². The van der Waals surface area contributed by atoms with E-state index in [1.807, 2.05) is 6.07 Å². The minimum absolute atomic E-state index is 0.223. The van der Waals surface area contributed by atoms with Crippen LogP contribution >= 0.6 is 0 Å². The number of nitriles is 1. The number of nitrogens with zero attached hydrogens (tertiary/aromatic N) is 3. The lowest BCUT2D eigenvalue weighted by Gasteiger charge is -2.17. The average molecular weight is 267 g/mol. The Kier molecular flexibility index (Phi) is 3.96. The number of aromatic nitrogens is 1. The topological polar surface area (TPSA) is 66.2 Å². The Labute approximate surface area is 117 Å². The van der Waals surface area contributed by atoms with Gasteiger partial charge in [0.25, 0.3) is 5.91 Å². The second-order valence-electron chi connectivity index (χ2n) is 4.08. The number of pyridine rings is 1. The molecule has 1 aromatic heterocycles. The summed E-state index contributed by atoms with van der Waals surface area (Å²) in [6.45, 7) is 0. The van der Waals surface area contributed by atoms with Gasteiger partial charge in [0.2, 0.25) is 0 Å². The van der Waals surface area contributed by atoms with Crippen LogP contribution in [0.4, 0.5) is 5.82 Å². The molecule has 0 spiro atoms. The number of hydrogen-bond donors (Lipinski definition) is 0. The Morgan fingerprint density at radius 3 is 2.65 bits per heavy atom. The maximum atomic E-state index is 12.4. The van der Waals surface area contributed by atoms with Gasteiger partial charge >= 0.3 is 0 Å². The van der Waals surface area contributed by atoms with Crippen LogP contribution in [-0.4, -0.2) is 25.0 Å². The number of methoxy groups -OCH3 is 1. The molecule has 100 valence electrons. The molecule has 0 unspecified atom stereocenters.